The molecule has 1 aliphatic carbocycles. The number of carbonyl (C=O) groups is 1. The van der Waals surface area contributed by atoms with Crippen molar-refractivity contribution in [1.29, 1.82) is 0 Å². The third-order valence-corrected chi connectivity index (χ3v) is 3.84. The Kier molecular flexibility index (Phi) is 5.27. The molecule has 1 heterocycles. The van der Waals surface area contributed by atoms with Crippen molar-refractivity contribution in [2.45, 2.75) is 25.4 Å². The third kappa shape index (κ3) is 3.70. The number of nitrogens with zero attached hydrogens (tertiary/aromatic N) is 2. The maximum atomic E-state index is 12.7. The maximum absolute atomic E-state index is 12.7. The second-order valence-corrected chi connectivity index (χ2v) is 5.63. The van der Waals surface area contributed by atoms with Gasteiger partial charge in [-0.05, 0) is 43.2 Å². The van der Waals surface area contributed by atoms with Crippen molar-refractivity contribution >= 4 is 35.6 Å². The molecule has 6 heteroatoms. The minimum atomic E-state index is -0.0619. The summed E-state index contributed by atoms with van der Waals surface area (Å²) < 4.78 is 0. The average molecular weight is 338 g/mol. The summed E-state index contributed by atoms with van der Waals surface area (Å²) in [5.41, 5.74) is 7.61. The van der Waals surface area contributed by atoms with Crippen LogP contribution in [0.15, 0.2) is 42.6 Å². The number of aromatic nitrogens is 1. The highest BCUT2D eigenvalue weighted by atomic mass is 35.5. The number of halogens is 2. The first-order valence-electron chi connectivity index (χ1n) is 6.91. The molecule has 0 spiro atoms. The zero-order chi connectivity index (χ0) is 14.8. The van der Waals surface area contributed by atoms with E-state index >= 15 is 0 Å². The van der Waals surface area contributed by atoms with E-state index in [2.05, 4.69) is 4.98 Å². The van der Waals surface area contributed by atoms with E-state index in [0.29, 0.717) is 22.8 Å². The fourth-order valence-electron chi connectivity index (χ4n) is 2.28. The van der Waals surface area contributed by atoms with Crippen LogP contribution in [0.4, 0.5) is 5.69 Å². The van der Waals surface area contributed by atoms with Crippen LogP contribution in [0.2, 0.25) is 5.02 Å². The van der Waals surface area contributed by atoms with E-state index in [4.69, 9.17) is 17.3 Å². The second kappa shape index (κ2) is 6.99. The average Bonchev–Trinajstić information content (AvgIpc) is 3.30. The lowest BCUT2D eigenvalue weighted by atomic mass is 10.1. The van der Waals surface area contributed by atoms with Crippen molar-refractivity contribution in [3.8, 4) is 0 Å². The number of hydrogen-bond donors (Lipinski definition) is 1. The van der Waals surface area contributed by atoms with Crippen LogP contribution in [0.5, 0.6) is 0 Å². The van der Waals surface area contributed by atoms with Crippen molar-refractivity contribution in [2.75, 3.05) is 5.73 Å². The Morgan fingerprint density at radius 3 is 2.68 bits per heavy atom. The van der Waals surface area contributed by atoms with E-state index < -0.39 is 0 Å². The van der Waals surface area contributed by atoms with E-state index in [1.165, 1.54) is 0 Å². The van der Waals surface area contributed by atoms with Crippen LogP contribution in [-0.2, 0) is 6.54 Å². The molecule has 0 radical (unpaired) electrons. The second-order valence-electron chi connectivity index (χ2n) is 5.22. The Morgan fingerprint density at radius 1 is 1.32 bits per heavy atom. The smallest absolute Gasteiger partial charge is 0.255 e. The van der Waals surface area contributed by atoms with Crippen LogP contribution in [0.3, 0.4) is 0 Å². The summed E-state index contributed by atoms with van der Waals surface area (Å²) in [6, 6.07) is 11.0. The summed E-state index contributed by atoms with van der Waals surface area (Å²) in [6.45, 7) is 0.505. The highest BCUT2D eigenvalue weighted by molar-refractivity contribution is 6.34. The lowest BCUT2D eigenvalue weighted by molar-refractivity contribution is 0.0728. The van der Waals surface area contributed by atoms with Crippen molar-refractivity contribution in [3.05, 3.63) is 58.9 Å². The monoisotopic (exact) mass is 337 g/mol. The van der Waals surface area contributed by atoms with Gasteiger partial charge < -0.3 is 10.6 Å². The molecular formula is C16H17Cl2N3O. The highest BCUT2D eigenvalue weighted by Crippen LogP contribution is 2.31. The summed E-state index contributed by atoms with van der Waals surface area (Å²) in [5, 5.41) is 0.395. The van der Waals surface area contributed by atoms with Gasteiger partial charge in [-0.15, -0.1) is 12.4 Å². The molecule has 0 atom stereocenters. The van der Waals surface area contributed by atoms with Crippen molar-refractivity contribution in [1.82, 2.24) is 9.88 Å². The minimum absolute atomic E-state index is 0. The van der Waals surface area contributed by atoms with Gasteiger partial charge in [0.25, 0.3) is 5.91 Å². The first-order valence-corrected chi connectivity index (χ1v) is 7.29. The van der Waals surface area contributed by atoms with Gasteiger partial charge in [-0.25, -0.2) is 0 Å². The summed E-state index contributed by atoms with van der Waals surface area (Å²) in [5.74, 6) is -0.0619. The number of amides is 1. The molecule has 1 fully saturated rings. The van der Waals surface area contributed by atoms with Crippen LogP contribution in [0, 0.1) is 0 Å². The highest BCUT2D eigenvalue weighted by Gasteiger charge is 2.34. The molecule has 1 aliphatic rings. The number of rotatable bonds is 4. The van der Waals surface area contributed by atoms with Crippen LogP contribution in [0.1, 0.15) is 28.9 Å². The standard InChI is InChI=1S/C16H16ClN3O.ClH/c17-15-9-11(18)4-7-14(15)16(21)20(13-5-6-13)10-12-3-1-2-8-19-12;/h1-4,7-9,13H,5-6,10,18H2;1H. The molecule has 0 bridgehead atoms. The normalized spacial score (nSPS) is 13.3. The van der Waals surface area contributed by atoms with E-state index in [0.717, 1.165) is 18.5 Å². The predicted octanol–water partition coefficient (Wildman–Crippen LogP) is 3.54. The molecule has 22 heavy (non-hydrogen) atoms. The molecule has 1 aromatic heterocycles. The van der Waals surface area contributed by atoms with Gasteiger partial charge in [0.15, 0.2) is 0 Å². The number of nitrogens with two attached hydrogens (primary N) is 1. The van der Waals surface area contributed by atoms with Gasteiger partial charge in [0.2, 0.25) is 0 Å². The zero-order valence-corrected chi connectivity index (χ0v) is 13.5. The molecule has 3 rings (SSSR count). The number of hydrogen-bond acceptors (Lipinski definition) is 3. The Balaban J connectivity index is 0.00000176. The Labute approximate surface area is 140 Å². The summed E-state index contributed by atoms with van der Waals surface area (Å²) in [4.78, 5) is 18.9. The van der Waals surface area contributed by atoms with E-state index in [-0.39, 0.29) is 24.4 Å². The number of nitrogen functional groups attached to an aromatic ring is 1. The SMILES string of the molecule is Cl.Nc1ccc(C(=O)N(Cc2ccccn2)C2CC2)c(Cl)c1. The van der Waals surface area contributed by atoms with Crippen LogP contribution < -0.4 is 5.73 Å². The maximum Gasteiger partial charge on any atom is 0.255 e. The minimum Gasteiger partial charge on any atom is -0.399 e. The number of carbonyl (C=O) groups excluding carboxylic acids is 1. The quantitative estimate of drug-likeness (QED) is 0.868. The summed E-state index contributed by atoms with van der Waals surface area (Å²) in [7, 11) is 0. The third-order valence-electron chi connectivity index (χ3n) is 3.53. The number of anilines is 1. The van der Waals surface area contributed by atoms with Gasteiger partial charge in [-0.1, -0.05) is 17.7 Å². The molecule has 4 nitrogen and oxygen atoms in total. The molecule has 1 saturated carbocycles. The fourth-order valence-corrected chi connectivity index (χ4v) is 2.55. The first kappa shape index (κ1) is 16.6. The van der Waals surface area contributed by atoms with E-state index in [1.54, 1.807) is 24.4 Å². The van der Waals surface area contributed by atoms with E-state index in [9.17, 15) is 4.79 Å². The lowest BCUT2D eigenvalue weighted by Crippen LogP contribution is -2.33. The van der Waals surface area contributed by atoms with Gasteiger partial charge in [-0.3, -0.25) is 9.78 Å². The Hall–Kier alpha value is -1.78. The molecule has 0 unspecified atom stereocenters. The Bertz CT molecular complexity index is 660. The summed E-state index contributed by atoms with van der Waals surface area (Å²) in [6.07, 6.45) is 3.80. The zero-order valence-electron chi connectivity index (χ0n) is 11.9. The molecule has 1 aromatic carbocycles. The molecule has 1 amide bonds. The van der Waals surface area contributed by atoms with Crippen LogP contribution >= 0.6 is 24.0 Å². The first-order chi connectivity index (χ1) is 10.1. The van der Waals surface area contributed by atoms with Gasteiger partial charge >= 0.3 is 0 Å². The molecule has 2 aromatic rings. The summed E-state index contributed by atoms with van der Waals surface area (Å²) >= 11 is 6.15. The van der Waals surface area contributed by atoms with Gasteiger partial charge in [0.1, 0.15) is 0 Å². The molecule has 0 saturated heterocycles. The topological polar surface area (TPSA) is 59.2 Å². The lowest BCUT2D eigenvalue weighted by Gasteiger charge is -2.22. The van der Waals surface area contributed by atoms with Crippen molar-refractivity contribution < 1.29 is 4.79 Å². The predicted molar refractivity (Wildman–Crippen MR) is 90.2 cm³/mol. The van der Waals surface area contributed by atoms with E-state index in [1.807, 2.05) is 23.1 Å². The Morgan fingerprint density at radius 2 is 2.09 bits per heavy atom. The van der Waals surface area contributed by atoms with Crippen LogP contribution in [-0.4, -0.2) is 21.8 Å². The van der Waals surface area contributed by atoms with Crippen molar-refractivity contribution in [2.24, 2.45) is 0 Å². The van der Waals surface area contributed by atoms with Gasteiger partial charge in [0, 0.05) is 17.9 Å². The molecular weight excluding hydrogens is 321 g/mol. The molecule has 2 N–H and O–H groups in total. The van der Waals surface area contributed by atoms with Crippen molar-refractivity contribution in [3.63, 3.8) is 0 Å². The van der Waals surface area contributed by atoms with Crippen LogP contribution in [0.25, 0.3) is 0 Å². The largest absolute Gasteiger partial charge is 0.399 e. The number of pyridine rings is 1. The molecule has 116 valence electrons. The fraction of sp³-hybridized carbons (Fsp3) is 0.250. The number of benzene rings is 1. The van der Waals surface area contributed by atoms with Gasteiger partial charge in [-0.2, -0.15) is 0 Å². The molecule has 0 aliphatic heterocycles. The van der Waals surface area contributed by atoms with Gasteiger partial charge in [0.05, 0.1) is 22.8 Å².